The van der Waals surface area contributed by atoms with Gasteiger partial charge in [-0.1, -0.05) is 18.2 Å². The number of benzene rings is 1. The SMILES string of the molecule is NC(=O)c1ccccc1CN(CC(=O)O)CC(F)(F)F. The Hall–Kier alpha value is -2.09. The Morgan fingerprint density at radius 1 is 1.25 bits per heavy atom. The molecule has 0 aliphatic carbocycles. The molecule has 110 valence electrons. The molecule has 8 heteroatoms. The number of amides is 1. The molecule has 1 aromatic carbocycles. The summed E-state index contributed by atoms with van der Waals surface area (Å²) in [5.74, 6) is -2.16. The molecule has 0 saturated carbocycles. The monoisotopic (exact) mass is 290 g/mol. The summed E-state index contributed by atoms with van der Waals surface area (Å²) < 4.78 is 37.2. The van der Waals surface area contributed by atoms with Crippen molar-refractivity contribution >= 4 is 11.9 Å². The van der Waals surface area contributed by atoms with Crippen molar-refractivity contribution in [3.8, 4) is 0 Å². The average Bonchev–Trinajstić information content (AvgIpc) is 2.25. The van der Waals surface area contributed by atoms with Crippen LogP contribution in [-0.4, -0.2) is 41.1 Å². The molecule has 0 atom stereocenters. The normalized spacial score (nSPS) is 11.6. The maximum Gasteiger partial charge on any atom is 0.401 e. The smallest absolute Gasteiger partial charge is 0.401 e. The van der Waals surface area contributed by atoms with Crippen molar-refractivity contribution < 1.29 is 27.9 Å². The van der Waals surface area contributed by atoms with Gasteiger partial charge in [-0.05, 0) is 11.6 Å². The van der Waals surface area contributed by atoms with Crippen LogP contribution in [0.2, 0.25) is 0 Å². The van der Waals surface area contributed by atoms with E-state index in [-0.39, 0.29) is 17.7 Å². The molecule has 0 radical (unpaired) electrons. The third kappa shape index (κ3) is 5.27. The molecule has 3 N–H and O–H groups in total. The first-order chi connectivity index (χ1) is 9.19. The van der Waals surface area contributed by atoms with Gasteiger partial charge in [0.15, 0.2) is 0 Å². The summed E-state index contributed by atoms with van der Waals surface area (Å²) in [6, 6.07) is 5.87. The number of aliphatic carboxylic acids is 1. The van der Waals surface area contributed by atoms with Gasteiger partial charge in [-0.2, -0.15) is 13.2 Å². The second-order valence-corrected chi connectivity index (χ2v) is 4.18. The van der Waals surface area contributed by atoms with Gasteiger partial charge in [0.25, 0.3) is 0 Å². The lowest BCUT2D eigenvalue weighted by atomic mass is 10.1. The molecule has 0 spiro atoms. The standard InChI is InChI=1S/C12H13F3N2O3/c13-12(14,15)7-17(6-10(18)19)5-8-3-1-2-4-9(8)11(16)20/h1-4H,5-7H2,(H2,16,20)(H,18,19). The second kappa shape index (κ2) is 6.38. The molecule has 0 bridgehead atoms. The van der Waals surface area contributed by atoms with Gasteiger partial charge in [0.1, 0.15) is 0 Å². The molecule has 5 nitrogen and oxygen atoms in total. The van der Waals surface area contributed by atoms with Crippen LogP contribution >= 0.6 is 0 Å². The van der Waals surface area contributed by atoms with E-state index in [1.807, 2.05) is 0 Å². The van der Waals surface area contributed by atoms with Crippen molar-refractivity contribution in [1.29, 1.82) is 0 Å². The van der Waals surface area contributed by atoms with Crippen molar-refractivity contribution in [2.45, 2.75) is 12.7 Å². The van der Waals surface area contributed by atoms with E-state index in [9.17, 15) is 22.8 Å². The van der Waals surface area contributed by atoms with E-state index in [4.69, 9.17) is 10.8 Å². The Labute approximate surface area is 112 Å². The van der Waals surface area contributed by atoms with Crippen LogP contribution in [0.3, 0.4) is 0 Å². The van der Waals surface area contributed by atoms with Gasteiger partial charge >= 0.3 is 12.1 Å². The Kier molecular flexibility index (Phi) is 5.09. The molecular weight excluding hydrogens is 277 g/mol. The van der Waals surface area contributed by atoms with Crippen LogP contribution in [0.25, 0.3) is 0 Å². The van der Waals surface area contributed by atoms with Crippen molar-refractivity contribution in [3.63, 3.8) is 0 Å². The maximum absolute atomic E-state index is 12.4. The number of carboxylic acids is 1. The molecule has 20 heavy (non-hydrogen) atoms. The predicted octanol–water partition coefficient (Wildman–Crippen LogP) is 1.23. The van der Waals surface area contributed by atoms with E-state index in [0.717, 1.165) is 0 Å². The van der Waals surface area contributed by atoms with E-state index in [1.165, 1.54) is 24.3 Å². The van der Waals surface area contributed by atoms with Crippen molar-refractivity contribution in [2.75, 3.05) is 13.1 Å². The van der Waals surface area contributed by atoms with Crippen LogP contribution in [0.1, 0.15) is 15.9 Å². The van der Waals surface area contributed by atoms with Gasteiger partial charge in [0.2, 0.25) is 5.91 Å². The van der Waals surface area contributed by atoms with Crippen molar-refractivity contribution in [2.24, 2.45) is 5.73 Å². The minimum atomic E-state index is -4.53. The minimum absolute atomic E-state index is 0.0741. The lowest BCUT2D eigenvalue weighted by molar-refractivity contribution is -0.154. The van der Waals surface area contributed by atoms with E-state index < -0.39 is 31.1 Å². The van der Waals surface area contributed by atoms with E-state index >= 15 is 0 Å². The number of carboxylic acid groups (broad SMARTS) is 1. The zero-order chi connectivity index (χ0) is 15.3. The summed E-state index contributed by atoms with van der Waals surface area (Å²) in [5.41, 5.74) is 5.45. The van der Waals surface area contributed by atoms with Crippen LogP contribution < -0.4 is 5.73 Å². The molecule has 1 aromatic rings. The van der Waals surface area contributed by atoms with Gasteiger partial charge in [0, 0.05) is 12.1 Å². The van der Waals surface area contributed by atoms with Gasteiger partial charge in [-0.15, -0.1) is 0 Å². The molecule has 0 unspecified atom stereocenters. The number of hydrogen-bond donors (Lipinski definition) is 2. The number of carbonyl (C=O) groups excluding carboxylic acids is 1. The number of nitrogens with two attached hydrogens (primary N) is 1. The summed E-state index contributed by atoms with van der Waals surface area (Å²) in [5, 5.41) is 8.64. The Balaban J connectivity index is 2.94. The summed E-state index contributed by atoms with van der Waals surface area (Å²) in [6.07, 6.45) is -4.53. The van der Waals surface area contributed by atoms with Gasteiger partial charge in [-0.3, -0.25) is 14.5 Å². The number of carbonyl (C=O) groups is 2. The number of alkyl halides is 3. The molecule has 0 aliphatic rings. The highest BCUT2D eigenvalue weighted by Gasteiger charge is 2.31. The van der Waals surface area contributed by atoms with Crippen LogP contribution in [0, 0.1) is 0 Å². The molecule has 0 saturated heterocycles. The average molecular weight is 290 g/mol. The Bertz CT molecular complexity index is 503. The highest BCUT2D eigenvalue weighted by atomic mass is 19.4. The van der Waals surface area contributed by atoms with Crippen LogP contribution in [0.15, 0.2) is 24.3 Å². The van der Waals surface area contributed by atoms with Crippen LogP contribution in [0.4, 0.5) is 13.2 Å². The molecular formula is C12H13F3N2O3. The second-order valence-electron chi connectivity index (χ2n) is 4.18. The topological polar surface area (TPSA) is 83.6 Å². The number of primary amides is 1. The minimum Gasteiger partial charge on any atom is -0.480 e. The van der Waals surface area contributed by atoms with Gasteiger partial charge in [-0.25, -0.2) is 0 Å². The number of hydrogen-bond acceptors (Lipinski definition) is 3. The molecule has 0 aliphatic heterocycles. The lowest BCUT2D eigenvalue weighted by Gasteiger charge is -2.22. The zero-order valence-corrected chi connectivity index (χ0v) is 10.4. The fourth-order valence-electron chi connectivity index (χ4n) is 1.75. The Morgan fingerprint density at radius 3 is 2.35 bits per heavy atom. The molecule has 0 fully saturated rings. The van der Waals surface area contributed by atoms with E-state index in [1.54, 1.807) is 0 Å². The summed E-state index contributed by atoms with van der Waals surface area (Å²) in [6.45, 7) is -2.50. The van der Waals surface area contributed by atoms with E-state index in [2.05, 4.69) is 0 Å². The third-order valence-electron chi connectivity index (χ3n) is 2.44. The largest absolute Gasteiger partial charge is 0.480 e. The number of nitrogens with zero attached hydrogens (tertiary/aromatic N) is 1. The summed E-state index contributed by atoms with van der Waals surface area (Å²) >= 11 is 0. The molecule has 1 rings (SSSR count). The summed E-state index contributed by atoms with van der Waals surface area (Å²) in [7, 11) is 0. The summed E-state index contributed by atoms with van der Waals surface area (Å²) in [4.78, 5) is 22.5. The van der Waals surface area contributed by atoms with Gasteiger partial charge < -0.3 is 10.8 Å². The Morgan fingerprint density at radius 2 is 1.85 bits per heavy atom. The fraction of sp³-hybridized carbons (Fsp3) is 0.333. The van der Waals surface area contributed by atoms with Crippen molar-refractivity contribution in [1.82, 2.24) is 4.90 Å². The molecule has 0 heterocycles. The van der Waals surface area contributed by atoms with E-state index in [0.29, 0.717) is 4.90 Å². The van der Waals surface area contributed by atoms with Crippen molar-refractivity contribution in [3.05, 3.63) is 35.4 Å². The quantitative estimate of drug-likeness (QED) is 0.825. The number of halogens is 3. The molecule has 1 amide bonds. The number of rotatable bonds is 6. The third-order valence-corrected chi connectivity index (χ3v) is 2.44. The molecule has 0 aromatic heterocycles. The zero-order valence-electron chi connectivity index (χ0n) is 10.4. The van der Waals surface area contributed by atoms with Crippen LogP contribution in [-0.2, 0) is 11.3 Å². The fourth-order valence-corrected chi connectivity index (χ4v) is 1.75. The first-order valence-electron chi connectivity index (χ1n) is 5.57. The first-order valence-corrected chi connectivity index (χ1v) is 5.57. The highest BCUT2D eigenvalue weighted by Crippen LogP contribution is 2.19. The highest BCUT2D eigenvalue weighted by molar-refractivity contribution is 5.94. The first kappa shape index (κ1) is 16.0. The predicted molar refractivity (Wildman–Crippen MR) is 63.9 cm³/mol. The lowest BCUT2D eigenvalue weighted by Crippen LogP contribution is -2.37. The van der Waals surface area contributed by atoms with Gasteiger partial charge in [0.05, 0.1) is 13.1 Å². The van der Waals surface area contributed by atoms with Crippen LogP contribution in [0.5, 0.6) is 0 Å². The maximum atomic E-state index is 12.4.